The summed E-state index contributed by atoms with van der Waals surface area (Å²) in [5, 5.41) is 10.2. The third-order valence-electron chi connectivity index (χ3n) is 3.32. The van der Waals surface area contributed by atoms with Crippen molar-refractivity contribution in [1.29, 1.82) is 0 Å². The average Bonchev–Trinajstić information content (AvgIpc) is 2.98. The number of nitrogens with zero attached hydrogens (tertiary/aromatic N) is 2. The van der Waals surface area contributed by atoms with Gasteiger partial charge in [0.1, 0.15) is 11.6 Å². The van der Waals surface area contributed by atoms with Crippen molar-refractivity contribution >= 4 is 11.6 Å². The SMILES string of the molecule is Cc1nnc(-c2cccc(NC(=O)Cc3c(F)cccc3F)c2)o1. The van der Waals surface area contributed by atoms with E-state index < -0.39 is 24.0 Å². The maximum Gasteiger partial charge on any atom is 0.247 e. The zero-order valence-corrected chi connectivity index (χ0v) is 12.7. The topological polar surface area (TPSA) is 68.0 Å². The van der Waals surface area contributed by atoms with E-state index in [0.29, 0.717) is 23.0 Å². The number of carbonyl (C=O) groups is 1. The van der Waals surface area contributed by atoms with Crippen LogP contribution in [-0.4, -0.2) is 16.1 Å². The zero-order chi connectivity index (χ0) is 17.1. The van der Waals surface area contributed by atoms with Gasteiger partial charge in [-0.1, -0.05) is 12.1 Å². The second kappa shape index (κ2) is 6.57. The van der Waals surface area contributed by atoms with Gasteiger partial charge in [-0.05, 0) is 30.3 Å². The molecule has 2 aromatic carbocycles. The molecule has 0 unspecified atom stereocenters. The minimum Gasteiger partial charge on any atom is -0.421 e. The molecule has 122 valence electrons. The Morgan fingerprint density at radius 1 is 1.12 bits per heavy atom. The molecule has 1 aromatic heterocycles. The number of hydrogen-bond donors (Lipinski definition) is 1. The number of halogens is 2. The highest BCUT2D eigenvalue weighted by molar-refractivity contribution is 5.92. The highest BCUT2D eigenvalue weighted by atomic mass is 19.1. The van der Waals surface area contributed by atoms with Crippen LogP contribution in [0.3, 0.4) is 0 Å². The number of anilines is 1. The van der Waals surface area contributed by atoms with Crippen molar-refractivity contribution in [2.45, 2.75) is 13.3 Å². The van der Waals surface area contributed by atoms with Gasteiger partial charge >= 0.3 is 0 Å². The number of benzene rings is 2. The number of aryl methyl sites for hydroxylation is 1. The fourth-order valence-electron chi connectivity index (χ4n) is 2.21. The molecule has 7 heteroatoms. The van der Waals surface area contributed by atoms with Gasteiger partial charge in [-0.25, -0.2) is 8.78 Å². The molecule has 0 aliphatic rings. The lowest BCUT2D eigenvalue weighted by Crippen LogP contribution is -2.16. The van der Waals surface area contributed by atoms with E-state index in [-0.39, 0.29) is 5.56 Å². The Morgan fingerprint density at radius 3 is 2.50 bits per heavy atom. The first-order chi connectivity index (χ1) is 11.5. The molecule has 0 radical (unpaired) electrons. The molecule has 3 aromatic rings. The lowest BCUT2D eigenvalue weighted by molar-refractivity contribution is -0.115. The van der Waals surface area contributed by atoms with Crippen LogP contribution in [0, 0.1) is 18.6 Å². The lowest BCUT2D eigenvalue weighted by atomic mass is 10.1. The van der Waals surface area contributed by atoms with Gasteiger partial charge in [-0.15, -0.1) is 10.2 Å². The van der Waals surface area contributed by atoms with Gasteiger partial charge in [0.05, 0.1) is 6.42 Å². The Kier molecular flexibility index (Phi) is 4.33. The van der Waals surface area contributed by atoms with Crippen LogP contribution in [0.15, 0.2) is 46.9 Å². The quantitative estimate of drug-likeness (QED) is 0.795. The first-order valence-corrected chi connectivity index (χ1v) is 7.16. The number of amides is 1. The van der Waals surface area contributed by atoms with Crippen LogP contribution in [0.4, 0.5) is 14.5 Å². The molecule has 0 bridgehead atoms. The summed E-state index contributed by atoms with van der Waals surface area (Å²) in [6.07, 6.45) is -0.400. The van der Waals surface area contributed by atoms with E-state index in [1.807, 2.05) is 0 Å². The molecular formula is C17H13F2N3O2. The Balaban J connectivity index is 1.75. The van der Waals surface area contributed by atoms with Gasteiger partial charge < -0.3 is 9.73 Å². The maximum atomic E-state index is 13.6. The minimum atomic E-state index is -0.750. The molecule has 0 aliphatic carbocycles. The van der Waals surface area contributed by atoms with Crippen LogP contribution in [0.5, 0.6) is 0 Å². The largest absolute Gasteiger partial charge is 0.421 e. The van der Waals surface area contributed by atoms with Gasteiger partial charge in [0, 0.05) is 23.7 Å². The van der Waals surface area contributed by atoms with Crippen molar-refractivity contribution < 1.29 is 18.0 Å². The summed E-state index contributed by atoms with van der Waals surface area (Å²) >= 11 is 0. The van der Waals surface area contributed by atoms with Crippen LogP contribution < -0.4 is 5.32 Å². The summed E-state index contributed by atoms with van der Waals surface area (Å²) in [7, 11) is 0. The van der Waals surface area contributed by atoms with Crippen LogP contribution >= 0.6 is 0 Å². The summed E-state index contributed by atoms with van der Waals surface area (Å²) < 4.78 is 32.5. The molecule has 0 aliphatic heterocycles. The van der Waals surface area contributed by atoms with Gasteiger partial charge in [0.25, 0.3) is 0 Å². The van der Waals surface area contributed by atoms with Gasteiger partial charge in [-0.2, -0.15) is 0 Å². The van der Waals surface area contributed by atoms with E-state index in [1.165, 1.54) is 6.07 Å². The molecule has 24 heavy (non-hydrogen) atoms. The van der Waals surface area contributed by atoms with Crippen LogP contribution in [-0.2, 0) is 11.2 Å². The standard InChI is InChI=1S/C17H13F2N3O2/c1-10-21-22-17(24-10)11-4-2-5-12(8-11)20-16(23)9-13-14(18)6-3-7-15(13)19/h2-8H,9H2,1H3,(H,20,23). The third kappa shape index (κ3) is 3.45. The molecule has 0 spiro atoms. The Morgan fingerprint density at radius 2 is 1.83 bits per heavy atom. The molecule has 0 saturated carbocycles. The Labute approximate surface area is 136 Å². The van der Waals surface area contributed by atoms with E-state index >= 15 is 0 Å². The van der Waals surface area contributed by atoms with Crippen molar-refractivity contribution in [1.82, 2.24) is 10.2 Å². The summed E-state index contributed by atoms with van der Waals surface area (Å²) in [6.45, 7) is 1.67. The first-order valence-electron chi connectivity index (χ1n) is 7.16. The zero-order valence-electron chi connectivity index (χ0n) is 12.7. The predicted molar refractivity (Wildman–Crippen MR) is 83.2 cm³/mol. The summed E-state index contributed by atoms with van der Waals surface area (Å²) in [5.74, 6) is -1.28. The molecule has 1 amide bonds. The number of carbonyl (C=O) groups excluding carboxylic acids is 1. The highest BCUT2D eigenvalue weighted by Gasteiger charge is 2.14. The normalized spacial score (nSPS) is 10.6. The molecule has 0 atom stereocenters. The van der Waals surface area contributed by atoms with E-state index in [9.17, 15) is 13.6 Å². The molecule has 0 saturated heterocycles. The molecule has 3 rings (SSSR count). The van der Waals surface area contributed by atoms with Crippen molar-refractivity contribution in [3.63, 3.8) is 0 Å². The van der Waals surface area contributed by atoms with Crippen LogP contribution in [0.2, 0.25) is 0 Å². The van der Waals surface area contributed by atoms with Crippen molar-refractivity contribution in [2.75, 3.05) is 5.32 Å². The molecule has 0 fully saturated rings. The summed E-state index contributed by atoms with van der Waals surface area (Å²) in [6, 6.07) is 10.2. The fraction of sp³-hybridized carbons (Fsp3) is 0.118. The number of aromatic nitrogens is 2. The first kappa shape index (κ1) is 15.8. The lowest BCUT2D eigenvalue weighted by Gasteiger charge is -2.07. The van der Waals surface area contributed by atoms with E-state index in [4.69, 9.17) is 4.42 Å². The molecule has 5 nitrogen and oxygen atoms in total. The van der Waals surface area contributed by atoms with Gasteiger partial charge in [-0.3, -0.25) is 4.79 Å². The van der Waals surface area contributed by atoms with Crippen molar-refractivity contribution in [3.8, 4) is 11.5 Å². The second-order valence-corrected chi connectivity index (χ2v) is 5.13. The monoisotopic (exact) mass is 329 g/mol. The van der Waals surface area contributed by atoms with E-state index in [0.717, 1.165) is 12.1 Å². The van der Waals surface area contributed by atoms with E-state index in [2.05, 4.69) is 15.5 Å². The second-order valence-electron chi connectivity index (χ2n) is 5.13. The van der Waals surface area contributed by atoms with E-state index in [1.54, 1.807) is 31.2 Å². The van der Waals surface area contributed by atoms with Crippen molar-refractivity contribution in [2.24, 2.45) is 0 Å². The Hall–Kier alpha value is -3.09. The van der Waals surface area contributed by atoms with Crippen LogP contribution in [0.1, 0.15) is 11.5 Å². The average molecular weight is 329 g/mol. The smallest absolute Gasteiger partial charge is 0.247 e. The number of hydrogen-bond acceptors (Lipinski definition) is 4. The maximum absolute atomic E-state index is 13.6. The van der Waals surface area contributed by atoms with Crippen LogP contribution in [0.25, 0.3) is 11.5 Å². The highest BCUT2D eigenvalue weighted by Crippen LogP contribution is 2.22. The third-order valence-corrected chi connectivity index (χ3v) is 3.32. The molecule has 1 N–H and O–H groups in total. The summed E-state index contributed by atoms with van der Waals surface area (Å²) in [4.78, 5) is 12.0. The van der Waals surface area contributed by atoms with Crippen molar-refractivity contribution in [3.05, 3.63) is 65.6 Å². The molecule has 1 heterocycles. The molecular weight excluding hydrogens is 316 g/mol. The fourth-order valence-corrected chi connectivity index (χ4v) is 2.21. The predicted octanol–water partition coefficient (Wildman–Crippen LogP) is 3.50. The van der Waals surface area contributed by atoms with Gasteiger partial charge in [0.15, 0.2) is 0 Å². The summed E-state index contributed by atoms with van der Waals surface area (Å²) in [5.41, 5.74) is 0.828. The minimum absolute atomic E-state index is 0.265. The van der Waals surface area contributed by atoms with Gasteiger partial charge in [0.2, 0.25) is 17.7 Å². The number of rotatable bonds is 4. The number of nitrogens with one attached hydrogen (secondary N) is 1. The Bertz CT molecular complexity index is 873.